The molecule has 5 heteroatoms. The molecule has 0 saturated carbocycles. The van der Waals surface area contributed by atoms with Gasteiger partial charge in [0.1, 0.15) is 36.5 Å². The fourth-order valence-corrected chi connectivity index (χ4v) is 3.73. The zero-order valence-electron chi connectivity index (χ0n) is 17.8. The Morgan fingerprint density at radius 3 is 2.58 bits per heavy atom. The van der Waals surface area contributed by atoms with Crippen molar-refractivity contribution in [3.8, 4) is 18.1 Å². The van der Waals surface area contributed by atoms with Crippen LogP contribution in [0.2, 0.25) is 0 Å². The van der Waals surface area contributed by atoms with Gasteiger partial charge in [-0.25, -0.2) is 0 Å². The number of fused-ring (bicyclic) bond motifs is 1. The van der Waals surface area contributed by atoms with Crippen molar-refractivity contribution in [3.63, 3.8) is 0 Å². The SMILES string of the molecule is C#CCOc1ccc2c(c1)C(c1ccc(C(C)C)cc1)N=CN2Cc1ccc(CO)o1. The van der Waals surface area contributed by atoms with E-state index in [9.17, 15) is 5.11 Å². The number of hydrogen-bond donors (Lipinski definition) is 1. The highest BCUT2D eigenvalue weighted by molar-refractivity contribution is 5.84. The van der Waals surface area contributed by atoms with Crippen LogP contribution in [0.3, 0.4) is 0 Å². The van der Waals surface area contributed by atoms with Gasteiger partial charge in [0.2, 0.25) is 0 Å². The molecule has 1 unspecified atom stereocenters. The van der Waals surface area contributed by atoms with Gasteiger partial charge in [-0.1, -0.05) is 44.0 Å². The van der Waals surface area contributed by atoms with Crippen LogP contribution in [-0.2, 0) is 13.2 Å². The maximum atomic E-state index is 9.27. The Hall–Kier alpha value is -3.49. The van der Waals surface area contributed by atoms with E-state index in [1.54, 1.807) is 6.07 Å². The Balaban J connectivity index is 1.69. The first-order valence-electron chi connectivity index (χ1n) is 10.4. The van der Waals surface area contributed by atoms with E-state index in [1.165, 1.54) is 5.56 Å². The van der Waals surface area contributed by atoms with Crippen molar-refractivity contribution in [2.75, 3.05) is 11.5 Å². The minimum atomic E-state index is -0.133. The van der Waals surface area contributed by atoms with E-state index >= 15 is 0 Å². The van der Waals surface area contributed by atoms with E-state index in [2.05, 4.69) is 44.0 Å². The molecule has 4 rings (SSSR count). The quantitative estimate of drug-likeness (QED) is 0.550. The molecule has 0 aliphatic carbocycles. The molecule has 31 heavy (non-hydrogen) atoms. The summed E-state index contributed by atoms with van der Waals surface area (Å²) in [5.74, 6) is 5.01. The normalized spacial score (nSPS) is 15.1. The molecule has 0 saturated heterocycles. The van der Waals surface area contributed by atoms with Crippen LogP contribution in [0.5, 0.6) is 5.75 Å². The summed E-state index contributed by atoms with van der Waals surface area (Å²) in [4.78, 5) is 6.90. The average Bonchev–Trinajstić information content (AvgIpc) is 3.25. The van der Waals surface area contributed by atoms with Crippen LogP contribution < -0.4 is 9.64 Å². The number of terminal acetylenes is 1. The van der Waals surface area contributed by atoms with E-state index in [-0.39, 0.29) is 19.3 Å². The zero-order chi connectivity index (χ0) is 21.8. The molecule has 3 aromatic rings. The van der Waals surface area contributed by atoms with Gasteiger partial charge in [-0.2, -0.15) is 0 Å². The first-order chi connectivity index (χ1) is 15.1. The summed E-state index contributed by atoms with van der Waals surface area (Å²) >= 11 is 0. The first kappa shape index (κ1) is 20.8. The van der Waals surface area contributed by atoms with Crippen molar-refractivity contribution in [2.45, 2.75) is 39.0 Å². The van der Waals surface area contributed by atoms with Gasteiger partial charge in [0, 0.05) is 11.3 Å². The molecule has 0 fully saturated rings. The second kappa shape index (κ2) is 9.11. The summed E-state index contributed by atoms with van der Waals surface area (Å²) in [5, 5.41) is 9.27. The lowest BCUT2D eigenvalue weighted by atomic mass is 9.93. The van der Waals surface area contributed by atoms with Gasteiger partial charge in [-0.15, -0.1) is 6.42 Å². The van der Waals surface area contributed by atoms with E-state index in [4.69, 9.17) is 20.6 Å². The van der Waals surface area contributed by atoms with Gasteiger partial charge in [0.25, 0.3) is 0 Å². The minimum Gasteiger partial charge on any atom is -0.481 e. The first-order valence-corrected chi connectivity index (χ1v) is 10.4. The van der Waals surface area contributed by atoms with Gasteiger partial charge in [0.15, 0.2) is 0 Å². The number of nitrogens with zero attached hydrogens (tertiary/aromatic N) is 2. The number of aliphatic hydroxyl groups excluding tert-OH is 1. The molecule has 0 radical (unpaired) electrons. The Morgan fingerprint density at radius 2 is 1.90 bits per heavy atom. The Labute approximate surface area is 183 Å². The van der Waals surface area contributed by atoms with Crippen LogP contribution in [0.4, 0.5) is 5.69 Å². The number of furan rings is 1. The molecule has 1 aromatic heterocycles. The topological polar surface area (TPSA) is 58.2 Å². The lowest BCUT2D eigenvalue weighted by Crippen LogP contribution is -2.26. The van der Waals surface area contributed by atoms with Crippen molar-refractivity contribution >= 4 is 12.0 Å². The summed E-state index contributed by atoms with van der Waals surface area (Å²) in [6.07, 6.45) is 7.21. The number of aliphatic hydroxyl groups is 1. The molecule has 2 heterocycles. The van der Waals surface area contributed by atoms with Crippen LogP contribution in [-0.4, -0.2) is 18.1 Å². The molecule has 1 atom stereocenters. The zero-order valence-corrected chi connectivity index (χ0v) is 17.8. The van der Waals surface area contributed by atoms with Crippen molar-refractivity contribution in [2.24, 2.45) is 4.99 Å². The lowest BCUT2D eigenvalue weighted by Gasteiger charge is -2.30. The van der Waals surface area contributed by atoms with Gasteiger partial charge >= 0.3 is 0 Å². The predicted octanol–water partition coefficient (Wildman–Crippen LogP) is 5.05. The van der Waals surface area contributed by atoms with Crippen molar-refractivity contribution < 1.29 is 14.3 Å². The molecule has 0 spiro atoms. The molecule has 1 N–H and O–H groups in total. The van der Waals surface area contributed by atoms with Gasteiger partial charge < -0.3 is 19.2 Å². The van der Waals surface area contributed by atoms with E-state index in [1.807, 2.05) is 35.5 Å². The lowest BCUT2D eigenvalue weighted by molar-refractivity contribution is 0.243. The van der Waals surface area contributed by atoms with E-state index < -0.39 is 0 Å². The monoisotopic (exact) mass is 414 g/mol. The van der Waals surface area contributed by atoms with Crippen molar-refractivity contribution in [3.05, 3.63) is 82.8 Å². The largest absolute Gasteiger partial charge is 0.481 e. The van der Waals surface area contributed by atoms with Crippen LogP contribution >= 0.6 is 0 Å². The summed E-state index contributed by atoms with van der Waals surface area (Å²) in [6.45, 7) is 4.99. The highest BCUT2D eigenvalue weighted by atomic mass is 16.5. The van der Waals surface area contributed by atoms with Crippen LogP contribution in [0, 0.1) is 12.3 Å². The molecule has 158 valence electrons. The smallest absolute Gasteiger partial charge is 0.148 e. The van der Waals surface area contributed by atoms with Crippen LogP contribution in [0.1, 0.15) is 54.0 Å². The number of rotatable bonds is 7. The fraction of sp³-hybridized carbons (Fsp3) is 0.269. The Morgan fingerprint density at radius 1 is 1.13 bits per heavy atom. The standard InChI is InChI=1S/C26H26N2O3/c1-4-13-30-21-11-12-25-24(14-21)26(20-7-5-19(6-8-20)18(2)3)27-17-28(25)15-22-9-10-23(16-29)31-22/h1,5-12,14,17-18,26,29H,13,15-16H2,2-3H3. The summed E-state index contributed by atoms with van der Waals surface area (Å²) < 4.78 is 11.3. The number of benzene rings is 2. The highest BCUT2D eigenvalue weighted by Gasteiger charge is 2.25. The number of ether oxygens (including phenoxy) is 1. The van der Waals surface area contributed by atoms with Gasteiger partial charge in [-0.05, 0) is 47.4 Å². The number of anilines is 1. The maximum absolute atomic E-state index is 9.27. The summed E-state index contributed by atoms with van der Waals surface area (Å²) in [7, 11) is 0. The molecule has 5 nitrogen and oxygen atoms in total. The Kier molecular flexibility index (Phi) is 6.11. The summed E-state index contributed by atoms with van der Waals surface area (Å²) in [6, 6.07) is 18.1. The minimum absolute atomic E-state index is 0.116. The summed E-state index contributed by atoms with van der Waals surface area (Å²) in [5.41, 5.74) is 4.50. The Bertz CT molecular complexity index is 1110. The van der Waals surface area contributed by atoms with Gasteiger partial charge in [0.05, 0.1) is 12.9 Å². The second-order valence-corrected chi connectivity index (χ2v) is 7.86. The van der Waals surface area contributed by atoms with E-state index in [0.717, 1.165) is 28.3 Å². The predicted molar refractivity (Wildman–Crippen MR) is 122 cm³/mol. The fourth-order valence-electron chi connectivity index (χ4n) is 3.73. The van der Waals surface area contributed by atoms with Crippen LogP contribution in [0.15, 0.2) is 64.0 Å². The third kappa shape index (κ3) is 4.50. The number of aliphatic imine (C=N–C) groups is 1. The van der Waals surface area contributed by atoms with Crippen molar-refractivity contribution in [1.29, 1.82) is 0 Å². The molecular formula is C26H26N2O3. The maximum Gasteiger partial charge on any atom is 0.148 e. The molecular weight excluding hydrogens is 388 g/mol. The molecule has 1 aliphatic heterocycles. The molecule has 2 aromatic carbocycles. The van der Waals surface area contributed by atoms with Crippen molar-refractivity contribution in [1.82, 2.24) is 0 Å². The number of hydrogen-bond acceptors (Lipinski definition) is 5. The average molecular weight is 415 g/mol. The second-order valence-electron chi connectivity index (χ2n) is 7.86. The van der Waals surface area contributed by atoms with Crippen LogP contribution in [0.25, 0.3) is 0 Å². The molecule has 1 aliphatic rings. The third-order valence-electron chi connectivity index (χ3n) is 5.40. The highest BCUT2D eigenvalue weighted by Crippen LogP contribution is 2.39. The third-order valence-corrected chi connectivity index (χ3v) is 5.40. The van der Waals surface area contributed by atoms with E-state index in [0.29, 0.717) is 18.2 Å². The molecule has 0 amide bonds. The molecule has 0 bridgehead atoms. The van der Waals surface area contributed by atoms with Gasteiger partial charge in [-0.3, -0.25) is 4.99 Å².